The molecule has 2 aromatic rings. The van der Waals surface area contributed by atoms with Crippen LogP contribution in [0.1, 0.15) is 34.1 Å². The van der Waals surface area contributed by atoms with Crippen molar-refractivity contribution in [1.29, 1.82) is 0 Å². The Kier molecular flexibility index (Phi) is 7.43. The predicted molar refractivity (Wildman–Crippen MR) is 129 cm³/mol. The zero-order chi connectivity index (χ0) is 21.7. The highest BCUT2D eigenvalue weighted by Crippen LogP contribution is 2.51. The molecule has 2 atom stereocenters. The van der Waals surface area contributed by atoms with E-state index in [1.165, 1.54) is 17.9 Å². The van der Waals surface area contributed by atoms with Crippen LogP contribution in [0.25, 0.3) is 10.8 Å². The molecule has 1 aliphatic heterocycles. The average molecular weight is 431 g/mol. The Hall–Kier alpha value is -2.04. The maximum Gasteiger partial charge on any atom is 0.323 e. The minimum absolute atomic E-state index is 0.145. The topological polar surface area (TPSA) is 74.8 Å². The van der Waals surface area contributed by atoms with E-state index >= 15 is 0 Å². The molecule has 0 fully saturated rings. The van der Waals surface area contributed by atoms with Crippen molar-refractivity contribution in [3.05, 3.63) is 36.4 Å². The molecule has 30 heavy (non-hydrogen) atoms. The maximum atomic E-state index is 12.3. The van der Waals surface area contributed by atoms with Gasteiger partial charge in [0.2, 0.25) is 0 Å². The van der Waals surface area contributed by atoms with Crippen LogP contribution in [0.3, 0.4) is 0 Å². The highest BCUT2D eigenvalue weighted by Gasteiger charge is 2.28. The first kappa shape index (κ1) is 22.6. The van der Waals surface area contributed by atoms with Crippen LogP contribution in [0.4, 0.5) is 11.4 Å². The second-order valence-corrected chi connectivity index (χ2v) is 11.8. The van der Waals surface area contributed by atoms with Crippen molar-refractivity contribution < 1.29 is 9.53 Å². The summed E-state index contributed by atoms with van der Waals surface area (Å²) in [6.07, 6.45) is 3.26. The molecule has 3 N–H and O–H groups in total. The molecule has 0 spiro atoms. The van der Waals surface area contributed by atoms with Crippen LogP contribution in [0, 0.1) is 5.92 Å². The smallest absolute Gasteiger partial charge is 0.323 e. The highest BCUT2D eigenvalue weighted by atomic mass is 31.2. The number of benzene rings is 2. The molecular formula is C23H35N4O2P. The van der Waals surface area contributed by atoms with Crippen molar-refractivity contribution in [1.82, 2.24) is 5.32 Å². The van der Waals surface area contributed by atoms with Gasteiger partial charge in [0, 0.05) is 36.1 Å². The van der Waals surface area contributed by atoms with Gasteiger partial charge in [0.1, 0.15) is 6.04 Å². The lowest BCUT2D eigenvalue weighted by molar-refractivity contribution is -0.144. The number of hydrogen-bond acceptors (Lipinski definition) is 6. The molecule has 1 unspecified atom stereocenters. The van der Waals surface area contributed by atoms with Gasteiger partial charge >= 0.3 is 5.97 Å². The van der Waals surface area contributed by atoms with E-state index in [0.717, 1.165) is 30.4 Å². The average Bonchev–Trinajstić information content (AvgIpc) is 2.74. The summed E-state index contributed by atoms with van der Waals surface area (Å²) in [5.41, 5.74) is 2.26. The van der Waals surface area contributed by atoms with Crippen LogP contribution in [0.15, 0.2) is 41.1 Å². The summed E-state index contributed by atoms with van der Waals surface area (Å²) in [5.74, 6) is -0.0685. The maximum absolute atomic E-state index is 12.3. The van der Waals surface area contributed by atoms with Gasteiger partial charge in [-0.2, -0.15) is 0 Å². The van der Waals surface area contributed by atoms with E-state index in [9.17, 15) is 4.79 Å². The van der Waals surface area contributed by atoms with Crippen molar-refractivity contribution in [2.45, 2.75) is 46.2 Å². The van der Waals surface area contributed by atoms with Gasteiger partial charge in [-0.15, -0.1) is 0 Å². The molecule has 6 nitrogen and oxygen atoms in total. The molecule has 0 aliphatic carbocycles. The zero-order valence-corrected chi connectivity index (χ0v) is 19.6. The summed E-state index contributed by atoms with van der Waals surface area (Å²) in [6, 6.07) is 12.7. The largest absolute Gasteiger partial charge is 0.468 e. The molecule has 0 bridgehead atoms. The fourth-order valence-electron chi connectivity index (χ4n) is 3.88. The number of hydrogen-bond donors (Lipinski definition) is 3. The van der Waals surface area contributed by atoms with E-state index in [1.807, 2.05) is 13.8 Å². The molecule has 1 aliphatic rings. The number of nitrogens with zero attached hydrogens (tertiary/aromatic N) is 1. The monoisotopic (exact) mass is 430 g/mol. The second kappa shape index (κ2) is 9.84. The first-order chi connectivity index (χ1) is 14.4. The van der Waals surface area contributed by atoms with Crippen LogP contribution in [0.2, 0.25) is 0 Å². The normalized spacial score (nSPS) is 17.3. The molecule has 0 aromatic heterocycles. The van der Waals surface area contributed by atoms with Crippen molar-refractivity contribution in [2.75, 3.05) is 36.6 Å². The van der Waals surface area contributed by atoms with Gasteiger partial charge in [-0.25, -0.2) is 0 Å². The lowest BCUT2D eigenvalue weighted by Crippen LogP contribution is -2.43. The van der Waals surface area contributed by atoms with Crippen molar-refractivity contribution in [3.8, 4) is 0 Å². The number of ether oxygens (including phenoxy) is 1. The van der Waals surface area contributed by atoms with E-state index in [1.54, 1.807) is 0 Å². The Bertz CT molecular complexity index is 897. The minimum Gasteiger partial charge on any atom is -0.468 e. The SMILES string of the molecule is CCC(C)N=P1(CN[C@H](C(=O)OC)C(C)C)CNc2cccc3cccc(c23)NC1. The molecular weight excluding hydrogens is 395 g/mol. The third-order valence-corrected chi connectivity index (χ3v) is 8.94. The Morgan fingerprint density at radius 2 is 1.73 bits per heavy atom. The predicted octanol–water partition coefficient (Wildman–Crippen LogP) is 5.34. The quantitative estimate of drug-likeness (QED) is 0.409. The summed E-state index contributed by atoms with van der Waals surface area (Å²) in [6.45, 7) is 8.42. The molecule has 7 heteroatoms. The van der Waals surface area contributed by atoms with Crippen molar-refractivity contribution in [2.24, 2.45) is 10.7 Å². The Balaban J connectivity index is 1.95. The first-order valence-corrected chi connectivity index (χ1v) is 13.1. The van der Waals surface area contributed by atoms with Gasteiger partial charge in [0.25, 0.3) is 0 Å². The van der Waals surface area contributed by atoms with E-state index in [-0.39, 0.29) is 24.0 Å². The van der Waals surface area contributed by atoms with Gasteiger partial charge < -0.3 is 15.4 Å². The third-order valence-electron chi connectivity index (χ3n) is 5.79. The minimum atomic E-state index is -1.86. The van der Waals surface area contributed by atoms with E-state index in [4.69, 9.17) is 9.48 Å². The summed E-state index contributed by atoms with van der Waals surface area (Å²) in [4.78, 5) is 12.3. The molecule has 2 aromatic carbocycles. The molecule has 3 rings (SSSR count). The molecule has 164 valence electrons. The lowest BCUT2D eigenvalue weighted by Gasteiger charge is -2.33. The molecule has 0 saturated heterocycles. The second-order valence-electron chi connectivity index (χ2n) is 8.45. The Labute approximate surface area is 180 Å². The Morgan fingerprint density at radius 3 is 2.23 bits per heavy atom. The van der Waals surface area contributed by atoms with Crippen LogP contribution in [0.5, 0.6) is 0 Å². The summed E-state index contributed by atoms with van der Waals surface area (Å²) >= 11 is 0. The van der Waals surface area contributed by atoms with Gasteiger partial charge in [0.05, 0.1) is 19.7 Å². The fourth-order valence-corrected chi connectivity index (χ4v) is 6.92. The van der Waals surface area contributed by atoms with E-state index in [2.05, 4.69) is 66.2 Å². The first-order valence-electron chi connectivity index (χ1n) is 10.8. The van der Waals surface area contributed by atoms with Gasteiger partial charge in [-0.3, -0.25) is 14.9 Å². The summed E-state index contributed by atoms with van der Waals surface area (Å²) in [5, 5.41) is 13.4. The lowest BCUT2D eigenvalue weighted by atomic mass is 10.1. The van der Waals surface area contributed by atoms with E-state index < -0.39 is 7.05 Å². The van der Waals surface area contributed by atoms with Crippen molar-refractivity contribution in [3.63, 3.8) is 0 Å². The number of methoxy groups -OCH3 is 1. The van der Waals surface area contributed by atoms with E-state index in [0.29, 0.717) is 6.29 Å². The van der Waals surface area contributed by atoms with Gasteiger partial charge in [-0.05, 0) is 36.8 Å². The van der Waals surface area contributed by atoms with Gasteiger partial charge in [-0.1, -0.05) is 45.0 Å². The van der Waals surface area contributed by atoms with Gasteiger partial charge in [0.15, 0.2) is 0 Å². The van der Waals surface area contributed by atoms with Crippen LogP contribution < -0.4 is 16.0 Å². The molecule has 0 radical (unpaired) electrons. The molecule has 0 saturated carbocycles. The Morgan fingerprint density at radius 1 is 1.13 bits per heavy atom. The summed E-state index contributed by atoms with van der Waals surface area (Å²) in [7, 11) is -0.407. The highest BCUT2D eigenvalue weighted by molar-refractivity contribution is 7.66. The molecule has 1 heterocycles. The number of esters is 1. The van der Waals surface area contributed by atoms with Crippen LogP contribution in [-0.2, 0) is 9.53 Å². The van der Waals surface area contributed by atoms with Crippen LogP contribution >= 0.6 is 7.05 Å². The summed E-state index contributed by atoms with van der Waals surface area (Å²) < 4.78 is 10.3. The standard InChI is InChI=1S/C23H35N4O2P/c1-6-17(4)27-30(15-26-22(16(2)3)23(28)29-5)13-24-19-11-7-9-18-10-8-12-20(21(18)19)25-14-30/h7-12,16-17,22,24-26H,6,13-15H2,1-5H3/t17?,22-/m0/s1. The number of rotatable bonds is 7. The van der Waals surface area contributed by atoms with Crippen molar-refractivity contribution >= 4 is 35.2 Å². The fraction of sp³-hybridized carbons (Fsp3) is 0.522. The zero-order valence-electron chi connectivity index (χ0n) is 18.7. The number of nitrogens with one attached hydrogen (secondary N) is 3. The van der Waals surface area contributed by atoms with Crippen LogP contribution in [-0.4, -0.2) is 44.0 Å². The number of carbonyl (C=O) groups excluding carboxylic acids is 1. The molecule has 0 amide bonds. The third kappa shape index (κ3) is 4.98. The number of anilines is 2. The number of carbonyl (C=O) groups is 1.